The van der Waals surface area contributed by atoms with Gasteiger partial charge < -0.3 is 11.0 Å². The lowest BCUT2D eigenvalue weighted by molar-refractivity contribution is 0.823. The molecule has 0 aromatic heterocycles. The highest BCUT2D eigenvalue weighted by Gasteiger charge is 2.14. The molecule has 0 saturated heterocycles. The van der Waals surface area contributed by atoms with Crippen LogP contribution in [0.1, 0.15) is 0 Å². The van der Waals surface area contributed by atoms with E-state index in [1.54, 1.807) is 0 Å². The summed E-state index contributed by atoms with van der Waals surface area (Å²) in [5, 5.41) is 0. The van der Waals surface area contributed by atoms with Crippen LogP contribution in [0.3, 0.4) is 0 Å². The van der Waals surface area contributed by atoms with Gasteiger partial charge in [0.05, 0.1) is 0 Å². The Hall–Kier alpha value is -0.578. The number of hydrogen-bond donors (Lipinski definition) is 0. The van der Waals surface area contributed by atoms with Gasteiger partial charge in [0.15, 0.2) is 6.87 Å². The lowest BCUT2D eigenvalue weighted by atomic mass is 9.94. The van der Waals surface area contributed by atoms with Gasteiger partial charge in [0.2, 0.25) is 0 Å². The van der Waals surface area contributed by atoms with Crippen LogP contribution in [0.5, 0.6) is 0 Å². The Kier molecular flexibility index (Phi) is 6.85. The molecular weight excluding hydrogens is 179 g/mol. The monoisotopic (exact) mass is 198 g/mol. The Bertz CT molecular complexity index is 221. The van der Waals surface area contributed by atoms with Crippen molar-refractivity contribution < 1.29 is 11.0 Å². The Morgan fingerprint density at radius 1 is 0.923 bits per heavy atom. The average Bonchev–Trinajstić information content (AvgIpc) is 1.85. The van der Waals surface area contributed by atoms with Crippen LogP contribution in [0.25, 0.3) is 0 Å². The minimum atomic E-state index is -0.898. The van der Waals surface area contributed by atoms with Crippen molar-refractivity contribution in [1.29, 1.82) is 0 Å². The number of rotatable bonds is 2. The standard InChI is InChI=1S/C9H15BSi.2H2O/c1-11(2,3)10-9-7-5-4-6-8-9;;/h4-8,10H,1-3H3;2*1H2. The normalized spacial score (nSPS) is 9.46. The quantitative estimate of drug-likeness (QED) is 0.597. The van der Waals surface area contributed by atoms with E-state index in [1.807, 2.05) is 0 Å². The molecule has 2 nitrogen and oxygen atoms in total. The summed E-state index contributed by atoms with van der Waals surface area (Å²) in [7, 11) is -0.898. The van der Waals surface area contributed by atoms with Gasteiger partial charge in [0.1, 0.15) is 0 Å². The van der Waals surface area contributed by atoms with Gasteiger partial charge in [-0.05, 0) is 0 Å². The Labute approximate surface area is 81.8 Å². The van der Waals surface area contributed by atoms with E-state index in [9.17, 15) is 0 Å². The minimum absolute atomic E-state index is 0. The minimum Gasteiger partial charge on any atom is -0.412 e. The molecule has 0 heterocycles. The Morgan fingerprint density at radius 3 is 1.77 bits per heavy atom. The summed E-state index contributed by atoms with van der Waals surface area (Å²) in [6, 6.07) is 10.8. The maximum atomic E-state index is 2.40. The van der Waals surface area contributed by atoms with E-state index in [-0.39, 0.29) is 11.0 Å². The molecule has 0 spiro atoms. The molecule has 0 amide bonds. The highest BCUT2D eigenvalue weighted by atomic mass is 28.3. The number of hydrogen-bond acceptors (Lipinski definition) is 0. The molecule has 0 fully saturated rings. The molecule has 13 heavy (non-hydrogen) atoms. The van der Waals surface area contributed by atoms with Gasteiger partial charge in [-0.1, -0.05) is 55.4 Å². The SMILES string of the molecule is C[Si](C)(C)Bc1ccccc1.O.O. The zero-order valence-electron chi connectivity index (χ0n) is 8.59. The zero-order valence-corrected chi connectivity index (χ0v) is 9.59. The summed E-state index contributed by atoms with van der Waals surface area (Å²) < 4.78 is 0. The molecule has 4 N–H and O–H groups in total. The van der Waals surface area contributed by atoms with Crippen molar-refractivity contribution in [1.82, 2.24) is 0 Å². The average molecular weight is 198 g/mol. The molecule has 0 radical (unpaired) electrons. The first kappa shape index (κ1) is 14.9. The second-order valence-electron chi connectivity index (χ2n) is 4.22. The first-order valence-corrected chi connectivity index (χ1v) is 7.82. The third kappa shape index (κ3) is 6.57. The maximum Gasteiger partial charge on any atom is 0.151 e. The largest absolute Gasteiger partial charge is 0.412 e. The van der Waals surface area contributed by atoms with Crippen molar-refractivity contribution >= 4 is 20.3 Å². The van der Waals surface area contributed by atoms with Gasteiger partial charge in [0.25, 0.3) is 0 Å². The van der Waals surface area contributed by atoms with Crippen molar-refractivity contribution in [2.75, 3.05) is 0 Å². The molecule has 0 aliphatic heterocycles. The Balaban J connectivity index is 0. The van der Waals surface area contributed by atoms with Gasteiger partial charge in [-0.2, -0.15) is 0 Å². The third-order valence-corrected chi connectivity index (χ3v) is 3.05. The van der Waals surface area contributed by atoms with Crippen LogP contribution in [0.15, 0.2) is 30.3 Å². The highest BCUT2D eigenvalue weighted by molar-refractivity contribution is 7.27. The maximum absolute atomic E-state index is 2.40. The third-order valence-electron chi connectivity index (χ3n) is 1.58. The zero-order chi connectivity index (χ0) is 8.32. The van der Waals surface area contributed by atoms with Crippen molar-refractivity contribution in [3.8, 4) is 0 Å². The van der Waals surface area contributed by atoms with Gasteiger partial charge in [-0.25, -0.2) is 0 Å². The summed E-state index contributed by atoms with van der Waals surface area (Å²) in [4.78, 5) is 0. The Morgan fingerprint density at radius 2 is 1.38 bits per heavy atom. The summed E-state index contributed by atoms with van der Waals surface area (Å²) in [5.41, 5.74) is 1.49. The van der Waals surface area contributed by atoms with Gasteiger partial charge in [0, 0.05) is 7.94 Å². The van der Waals surface area contributed by atoms with Crippen molar-refractivity contribution in [2.24, 2.45) is 0 Å². The molecule has 0 bridgehead atoms. The molecule has 0 atom stereocenters. The highest BCUT2D eigenvalue weighted by Crippen LogP contribution is 1.97. The van der Waals surface area contributed by atoms with E-state index in [2.05, 4.69) is 50.0 Å². The topological polar surface area (TPSA) is 63.0 Å². The fourth-order valence-corrected chi connectivity index (χ4v) is 2.67. The number of benzene rings is 1. The van der Waals surface area contributed by atoms with E-state index in [1.165, 1.54) is 12.3 Å². The summed E-state index contributed by atoms with van der Waals surface area (Å²) in [6.45, 7) is 8.51. The summed E-state index contributed by atoms with van der Waals surface area (Å²) in [5.74, 6) is 0. The molecule has 1 rings (SSSR count). The molecule has 1 aromatic rings. The van der Waals surface area contributed by atoms with Gasteiger partial charge in [-0.3, -0.25) is 0 Å². The van der Waals surface area contributed by atoms with E-state index in [0.717, 1.165) is 0 Å². The first-order chi connectivity index (χ1) is 5.08. The first-order valence-electron chi connectivity index (χ1n) is 4.12. The molecule has 1 aromatic carbocycles. The van der Waals surface area contributed by atoms with E-state index >= 15 is 0 Å². The second-order valence-corrected chi connectivity index (χ2v) is 9.70. The molecule has 0 saturated carbocycles. The van der Waals surface area contributed by atoms with Gasteiger partial charge >= 0.3 is 0 Å². The molecule has 74 valence electrons. The molecule has 0 unspecified atom stereocenters. The van der Waals surface area contributed by atoms with Crippen molar-refractivity contribution in [3.05, 3.63) is 30.3 Å². The predicted molar refractivity (Wildman–Crippen MR) is 63.8 cm³/mol. The predicted octanol–water partition coefficient (Wildman–Crippen LogP) is -0.0661. The van der Waals surface area contributed by atoms with E-state index in [4.69, 9.17) is 0 Å². The van der Waals surface area contributed by atoms with Crippen molar-refractivity contribution in [3.63, 3.8) is 0 Å². The fraction of sp³-hybridized carbons (Fsp3) is 0.333. The molecule has 0 aliphatic carbocycles. The van der Waals surface area contributed by atoms with Crippen LogP contribution in [-0.4, -0.2) is 25.8 Å². The van der Waals surface area contributed by atoms with Crippen LogP contribution >= 0.6 is 0 Å². The molecule has 4 heteroatoms. The van der Waals surface area contributed by atoms with Crippen LogP contribution in [0, 0.1) is 0 Å². The fourth-order valence-electron chi connectivity index (χ4n) is 1.21. The van der Waals surface area contributed by atoms with Crippen LogP contribution in [0.2, 0.25) is 19.6 Å². The van der Waals surface area contributed by atoms with Crippen LogP contribution in [-0.2, 0) is 0 Å². The summed E-state index contributed by atoms with van der Waals surface area (Å²) in [6.07, 6.45) is 0. The lowest BCUT2D eigenvalue weighted by Crippen LogP contribution is -2.38. The van der Waals surface area contributed by atoms with E-state index < -0.39 is 7.94 Å². The van der Waals surface area contributed by atoms with Crippen LogP contribution in [0.4, 0.5) is 0 Å². The van der Waals surface area contributed by atoms with Crippen molar-refractivity contribution in [2.45, 2.75) is 19.6 Å². The summed E-state index contributed by atoms with van der Waals surface area (Å²) >= 11 is 0. The lowest BCUT2D eigenvalue weighted by Gasteiger charge is -2.13. The van der Waals surface area contributed by atoms with Crippen LogP contribution < -0.4 is 5.46 Å². The second kappa shape index (κ2) is 5.96. The smallest absolute Gasteiger partial charge is 0.151 e. The molecule has 0 aliphatic rings. The molecular formula is C9H19BO2Si. The van der Waals surface area contributed by atoms with Gasteiger partial charge in [-0.15, -0.1) is 0 Å². The van der Waals surface area contributed by atoms with E-state index in [0.29, 0.717) is 0 Å².